The predicted octanol–water partition coefficient (Wildman–Crippen LogP) is 2.20. The first kappa shape index (κ1) is 11.9. The Balaban J connectivity index is 1.85. The number of morpholine rings is 1. The van der Waals surface area contributed by atoms with Crippen molar-refractivity contribution in [2.75, 3.05) is 19.7 Å². The Morgan fingerprint density at radius 1 is 1.44 bits per heavy atom. The Labute approximate surface area is 104 Å². The Kier molecular flexibility index (Phi) is 4.21. The molecule has 0 aromatic heterocycles. The summed E-state index contributed by atoms with van der Waals surface area (Å²) >= 11 is 3.45. The second kappa shape index (κ2) is 5.66. The zero-order chi connectivity index (χ0) is 11.4. The lowest BCUT2D eigenvalue weighted by atomic mass is 10.2. The topological polar surface area (TPSA) is 30.5 Å². The van der Waals surface area contributed by atoms with Crippen molar-refractivity contribution < 1.29 is 9.47 Å². The van der Waals surface area contributed by atoms with E-state index in [1.54, 1.807) is 0 Å². The van der Waals surface area contributed by atoms with E-state index in [1.807, 2.05) is 24.3 Å². The molecule has 2 rings (SSSR count). The van der Waals surface area contributed by atoms with E-state index in [1.165, 1.54) is 0 Å². The maximum atomic E-state index is 5.75. The van der Waals surface area contributed by atoms with Crippen molar-refractivity contribution in [1.29, 1.82) is 0 Å². The van der Waals surface area contributed by atoms with Crippen LogP contribution in [0.1, 0.15) is 6.92 Å². The van der Waals surface area contributed by atoms with Gasteiger partial charge in [0.05, 0.1) is 10.6 Å². The highest BCUT2D eigenvalue weighted by Crippen LogP contribution is 2.24. The molecule has 0 saturated carbocycles. The molecule has 1 heterocycles. The molecule has 0 aliphatic carbocycles. The minimum atomic E-state index is 0.135. The van der Waals surface area contributed by atoms with Crippen molar-refractivity contribution in [3.8, 4) is 5.75 Å². The Morgan fingerprint density at radius 3 is 3.00 bits per heavy atom. The van der Waals surface area contributed by atoms with Gasteiger partial charge in [-0.15, -0.1) is 0 Å². The van der Waals surface area contributed by atoms with Gasteiger partial charge in [-0.1, -0.05) is 12.1 Å². The third-order valence-corrected chi connectivity index (χ3v) is 3.15. The Morgan fingerprint density at radius 2 is 2.25 bits per heavy atom. The van der Waals surface area contributed by atoms with Crippen LogP contribution in [-0.2, 0) is 4.74 Å². The fourth-order valence-corrected chi connectivity index (χ4v) is 2.11. The molecular weight excluding hydrogens is 270 g/mol. The summed E-state index contributed by atoms with van der Waals surface area (Å²) in [5.74, 6) is 0.865. The maximum absolute atomic E-state index is 5.75. The fraction of sp³-hybridized carbons (Fsp3) is 0.500. The standard InChI is InChI=1S/C12H16BrNO2/c1-9-6-14-7-10(16-9)8-15-12-5-3-2-4-11(12)13/h2-5,9-10,14H,6-8H2,1H3. The zero-order valence-electron chi connectivity index (χ0n) is 9.28. The lowest BCUT2D eigenvalue weighted by Gasteiger charge is -2.28. The second-order valence-corrected chi connectivity index (χ2v) is 4.82. The molecule has 2 atom stereocenters. The summed E-state index contributed by atoms with van der Waals surface area (Å²) in [6.45, 7) is 4.43. The van der Waals surface area contributed by atoms with Crippen LogP contribution in [0, 0.1) is 0 Å². The number of benzene rings is 1. The van der Waals surface area contributed by atoms with E-state index in [-0.39, 0.29) is 12.2 Å². The minimum absolute atomic E-state index is 0.135. The molecule has 0 spiro atoms. The molecule has 1 aromatic rings. The van der Waals surface area contributed by atoms with Gasteiger partial charge >= 0.3 is 0 Å². The summed E-state index contributed by atoms with van der Waals surface area (Å²) in [5, 5.41) is 3.32. The first-order valence-corrected chi connectivity index (χ1v) is 6.28. The fourth-order valence-electron chi connectivity index (χ4n) is 1.72. The van der Waals surface area contributed by atoms with Crippen LogP contribution in [0.2, 0.25) is 0 Å². The molecule has 88 valence electrons. The van der Waals surface area contributed by atoms with E-state index in [2.05, 4.69) is 28.2 Å². The summed E-state index contributed by atoms with van der Waals surface area (Å²) < 4.78 is 12.4. The number of nitrogens with one attached hydrogen (secondary N) is 1. The summed E-state index contributed by atoms with van der Waals surface area (Å²) in [6, 6.07) is 7.85. The molecule has 0 radical (unpaired) electrons. The van der Waals surface area contributed by atoms with Gasteiger partial charge < -0.3 is 14.8 Å². The number of hydrogen-bond acceptors (Lipinski definition) is 3. The number of rotatable bonds is 3. The van der Waals surface area contributed by atoms with Crippen molar-refractivity contribution in [3.05, 3.63) is 28.7 Å². The smallest absolute Gasteiger partial charge is 0.133 e. The van der Waals surface area contributed by atoms with Crippen molar-refractivity contribution >= 4 is 15.9 Å². The average molecular weight is 286 g/mol. The third-order valence-electron chi connectivity index (χ3n) is 2.49. The van der Waals surface area contributed by atoms with Gasteiger partial charge in [-0.05, 0) is 35.0 Å². The molecule has 2 unspecified atom stereocenters. The van der Waals surface area contributed by atoms with Gasteiger partial charge in [-0.25, -0.2) is 0 Å². The Bertz CT molecular complexity index is 346. The van der Waals surface area contributed by atoms with Crippen LogP contribution in [0.4, 0.5) is 0 Å². The van der Waals surface area contributed by atoms with Crippen molar-refractivity contribution in [1.82, 2.24) is 5.32 Å². The first-order valence-electron chi connectivity index (χ1n) is 5.49. The molecule has 4 heteroatoms. The van der Waals surface area contributed by atoms with Crippen molar-refractivity contribution in [2.24, 2.45) is 0 Å². The van der Waals surface area contributed by atoms with E-state index < -0.39 is 0 Å². The molecule has 0 amide bonds. The Hall–Kier alpha value is -0.580. The molecule has 1 aromatic carbocycles. The molecule has 0 bridgehead atoms. The average Bonchev–Trinajstić information content (AvgIpc) is 2.28. The normalized spacial score (nSPS) is 25.4. The molecule has 1 aliphatic rings. The number of para-hydroxylation sites is 1. The van der Waals surface area contributed by atoms with Gasteiger partial charge in [0.25, 0.3) is 0 Å². The monoisotopic (exact) mass is 285 g/mol. The van der Waals surface area contributed by atoms with Crippen LogP contribution >= 0.6 is 15.9 Å². The van der Waals surface area contributed by atoms with Gasteiger partial charge in [0.15, 0.2) is 0 Å². The molecule has 1 fully saturated rings. The van der Waals surface area contributed by atoms with Crippen LogP contribution < -0.4 is 10.1 Å². The lowest BCUT2D eigenvalue weighted by Crippen LogP contribution is -2.45. The van der Waals surface area contributed by atoms with Crippen molar-refractivity contribution in [2.45, 2.75) is 19.1 Å². The summed E-state index contributed by atoms with van der Waals surface area (Å²) in [4.78, 5) is 0. The highest BCUT2D eigenvalue weighted by molar-refractivity contribution is 9.10. The van der Waals surface area contributed by atoms with Crippen LogP contribution in [0.5, 0.6) is 5.75 Å². The molecular formula is C12H16BrNO2. The van der Waals surface area contributed by atoms with Crippen molar-refractivity contribution in [3.63, 3.8) is 0 Å². The molecule has 3 nitrogen and oxygen atoms in total. The molecule has 1 saturated heterocycles. The van der Waals surface area contributed by atoms with Crippen LogP contribution in [0.15, 0.2) is 28.7 Å². The molecule has 1 aliphatic heterocycles. The van der Waals surface area contributed by atoms with Crippen LogP contribution in [-0.4, -0.2) is 31.9 Å². The van der Waals surface area contributed by atoms with Gasteiger partial charge in [-0.2, -0.15) is 0 Å². The quantitative estimate of drug-likeness (QED) is 0.924. The van der Waals surface area contributed by atoms with Crippen LogP contribution in [0.25, 0.3) is 0 Å². The van der Waals surface area contributed by atoms with Crippen LogP contribution in [0.3, 0.4) is 0 Å². The van der Waals surface area contributed by atoms with E-state index in [9.17, 15) is 0 Å². The largest absolute Gasteiger partial charge is 0.490 e. The number of hydrogen-bond donors (Lipinski definition) is 1. The third kappa shape index (κ3) is 3.20. The van der Waals surface area contributed by atoms with Gasteiger partial charge in [-0.3, -0.25) is 0 Å². The summed E-state index contributed by atoms with van der Waals surface area (Å²) in [6.07, 6.45) is 0.400. The van der Waals surface area contributed by atoms with Gasteiger partial charge in [0.1, 0.15) is 18.5 Å². The maximum Gasteiger partial charge on any atom is 0.133 e. The van der Waals surface area contributed by atoms with Gasteiger partial charge in [0.2, 0.25) is 0 Å². The first-order chi connectivity index (χ1) is 7.75. The second-order valence-electron chi connectivity index (χ2n) is 3.97. The van der Waals surface area contributed by atoms with E-state index in [0.29, 0.717) is 6.61 Å². The zero-order valence-corrected chi connectivity index (χ0v) is 10.9. The number of ether oxygens (including phenoxy) is 2. The summed E-state index contributed by atoms with van der Waals surface area (Å²) in [7, 11) is 0. The molecule has 1 N–H and O–H groups in total. The number of halogens is 1. The van der Waals surface area contributed by atoms with E-state index in [4.69, 9.17) is 9.47 Å². The highest BCUT2D eigenvalue weighted by Gasteiger charge is 2.19. The van der Waals surface area contributed by atoms with E-state index in [0.717, 1.165) is 23.3 Å². The lowest BCUT2D eigenvalue weighted by molar-refractivity contribution is -0.0471. The summed E-state index contributed by atoms with van der Waals surface area (Å²) in [5.41, 5.74) is 0. The predicted molar refractivity (Wildman–Crippen MR) is 66.8 cm³/mol. The highest BCUT2D eigenvalue weighted by atomic mass is 79.9. The minimum Gasteiger partial charge on any atom is -0.490 e. The SMILES string of the molecule is CC1CNCC(COc2ccccc2Br)O1. The van der Waals surface area contributed by atoms with E-state index >= 15 is 0 Å². The molecule has 16 heavy (non-hydrogen) atoms. The van der Waals surface area contributed by atoms with Gasteiger partial charge in [0, 0.05) is 13.1 Å².